The van der Waals surface area contributed by atoms with Gasteiger partial charge >= 0.3 is 0 Å². The van der Waals surface area contributed by atoms with E-state index in [2.05, 4.69) is 5.32 Å². The molecule has 1 atom stereocenters. The predicted octanol–water partition coefficient (Wildman–Crippen LogP) is 4.25. The maximum Gasteiger partial charge on any atom is 0.264 e. The van der Waals surface area contributed by atoms with Crippen LogP contribution in [0.5, 0.6) is 11.5 Å². The molecular formula is C28H31ClFN3O6S. The number of anilines is 1. The number of benzene rings is 3. The van der Waals surface area contributed by atoms with Gasteiger partial charge < -0.3 is 19.7 Å². The zero-order valence-electron chi connectivity index (χ0n) is 22.6. The summed E-state index contributed by atoms with van der Waals surface area (Å²) in [6.07, 6.45) is 0.259. The van der Waals surface area contributed by atoms with Crippen molar-refractivity contribution in [2.24, 2.45) is 0 Å². The van der Waals surface area contributed by atoms with Crippen molar-refractivity contribution in [1.29, 1.82) is 0 Å². The van der Waals surface area contributed by atoms with E-state index in [4.69, 9.17) is 21.1 Å². The predicted molar refractivity (Wildman–Crippen MR) is 151 cm³/mol. The van der Waals surface area contributed by atoms with Gasteiger partial charge in [-0.05, 0) is 54.4 Å². The molecule has 0 aliphatic heterocycles. The Kier molecular flexibility index (Phi) is 10.4. The first-order chi connectivity index (χ1) is 19.1. The van der Waals surface area contributed by atoms with E-state index >= 15 is 0 Å². The van der Waals surface area contributed by atoms with E-state index in [0.29, 0.717) is 16.3 Å². The number of hydrogen-bond donors (Lipinski definition) is 1. The Morgan fingerprint density at radius 1 is 1.00 bits per heavy atom. The number of ether oxygens (including phenoxy) is 2. The quantitative estimate of drug-likeness (QED) is 0.338. The molecule has 9 nitrogen and oxygen atoms in total. The van der Waals surface area contributed by atoms with E-state index in [0.717, 1.165) is 16.4 Å². The summed E-state index contributed by atoms with van der Waals surface area (Å²) in [5, 5.41) is 2.95. The van der Waals surface area contributed by atoms with Crippen molar-refractivity contribution in [3.63, 3.8) is 0 Å². The van der Waals surface area contributed by atoms with Crippen LogP contribution in [-0.4, -0.2) is 59.0 Å². The lowest BCUT2D eigenvalue weighted by atomic mass is 10.1. The van der Waals surface area contributed by atoms with E-state index in [1.807, 2.05) is 0 Å². The molecule has 0 heterocycles. The van der Waals surface area contributed by atoms with Gasteiger partial charge in [-0.1, -0.05) is 36.7 Å². The number of sulfonamides is 1. The van der Waals surface area contributed by atoms with Gasteiger partial charge in [-0.15, -0.1) is 0 Å². The second-order valence-electron chi connectivity index (χ2n) is 8.66. The molecule has 0 aromatic heterocycles. The number of nitrogens with zero attached hydrogens (tertiary/aromatic N) is 2. The second-order valence-corrected chi connectivity index (χ2v) is 10.9. The van der Waals surface area contributed by atoms with Crippen molar-refractivity contribution >= 4 is 39.1 Å². The van der Waals surface area contributed by atoms with Gasteiger partial charge in [0.25, 0.3) is 10.0 Å². The SMILES string of the molecule is CC[C@@H](C(=O)NC)N(Cc1ccccc1Cl)C(=O)CN(c1ccc(F)cc1)S(=O)(=O)c1ccc(OC)c(OC)c1. The summed E-state index contributed by atoms with van der Waals surface area (Å²) in [6.45, 7) is 1.02. The van der Waals surface area contributed by atoms with Gasteiger partial charge in [-0.3, -0.25) is 13.9 Å². The fourth-order valence-corrected chi connectivity index (χ4v) is 5.76. The first-order valence-corrected chi connectivity index (χ1v) is 14.1. The maximum absolute atomic E-state index is 14.0. The minimum Gasteiger partial charge on any atom is -0.493 e. The molecule has 3 aromatic carbocycles. The lowest BCUT2D eigenvalue weighted by molar-refractivity contribution is -0.140. The molecule has 214 valence electrons. The number of hydrogen-bond acceptors (Lipinski definition) is 6. The summed E-state index contributed by atoms with van der Waals surface area (Å²) in [4.78, 5) is 27.8. The number of carbonyl (C=O) groups excluding carboxylic acids is 2. The summed E-state index contributed by atoms with van der Waals surface area (Å²) in [5.41, 5.74) is 0.631. The maximum atomic E-state index is 14.0. The van der Waals surface area contributed by atoms with Gasteiger partial charge in [0.15, 0.2) is 11.5 Å². The van der Waals surface area contributed by atoms with E-state index in [-0.39, 0.29) is 29.3 Å². The van der Waals surface area contributed by atoms with Gasteiger partial charge in [-0.2, -0.15) is 0 Å². The molecule has 2 amide bonds. The van der Waals surface area contributed by atoms with Crippen molar-refractivity contribution in [3.8, 4) is 11.5 Å². The third kappa shape index (κ3) is 6.83. The van der Waals surface area contributed by atoms with Crippen LogP contribution in [-0.2, 0) is 26.2 Å². The molecule has 1 N–H and O–H groups in total. The van der Waals surface area contributed by atoms with Crippen LogP contribution < -0.4 is 19.1 Å². The van der Waals surface area contributed by atoms with Crippen LogP contribution in [0.25, 0.3) is 0 Å². The highest BCUT2D eigenvalue weighted by molar-refractivity contribution is 7.92. The largest absolute Gasteiger partial charge is 0.493 e. The Labute approximate surface area is 238 Å². The molecule has 0 fully saturated rings. The Morgan fingerprint density at radius 2 is 1.65 bits per heavy atom. The molecule has 0 saturated carbocycles. The molecule has 3 rings (SSSR count). The van der Waals surface area contributed by atoms with Gasteiger partial charge in [0.2, 0.25) is 11.8 Å². The molecule has 0 spiro atoms. The van der Waals surface area contributed by atoms with E-state index in [1.54, 1.807) is 31.2 Å². The number of amides is 2. The summed E-state index contributed by atoms with van der Waals surface area (Å²) >= 11 is 6.35. The third-order valence-electron chi connectivity index (χ3n) is 6.27. The van der Waals surface area contributed by atoms with Gasteiger partial charge in [0.1, 0.15) is 18.4 Å². The van der Waals surface area contributed by atoms with E-state index < -0.39 is 40.2 Å². The van der Waals surface area contributed by atoms with Crippen LogP contribution in [0.2, 0.25) is 5.02 Å². The molecule has 0 bridgehead atoms. The van der Waals surface area contributed by atoms with Crippen LogP contribution in [0.15, 0.2) is 71.6 Å². The Hall–Kier alpha value is -3.83. The van der Waals surface area contributed by atoms with Crippen molar-refractivity contribution in [1.82, 2.24) is 10.2 Å². The first-order valence-electron chi connectivity index (χ1n) is 12.3. The number of methoxy groups -OCH3 is 2. The minimum absolute atomic E-state index is 0.0436. The minimum atomic E-state index is -4.39. The Bertz CT molecular complexity index is 1450. The van der Waals surface area contributed by atoms with Gasteiger partial charge in [0.05, 0.1) is 24.8 Å². The Balaban J connectivity index is 2.10. The normalized spacial score (nSPS) is 11.8. The number of likely N-dealkylation sites (N-methyl/N-ethyl adjacent to an activating group) is 1. The average molecular weight is 592 g/mol. The fourth-order valence-electron chi connectivity index (χ4n) is 4.14. The smallest absolute Gasteiger partial charge is 0.264 e. The first kappa shape index (κ1) is 30.7. The van der Waals surface area contributed by atoms with Crippen LogP contribution >= 0.6 is 11.6 Å². The molecule has 40 heavy (non-hydrogen) atoms. The van der Waals surface area contributed by atoms with Crippen molar-refractivity contribution in [2.75, 3.05) is 32.1 Å². The van der Waals surface area contributed by atoms with Crippen molar-refractivity contribution < 1.29 is 31.9 Å². The Morgan fingerprint density at radius 3 is 2.23 bits per heavy atom. The standard InChI is InChI=1S/C28H31ClFN3O6S/c1-5-24(28(35)31-2)32(17-19-8-6-7-9-23(19)29)27(34)18-33(21-12-10-20(30)11-13-21)40(36,37)22-14-15-25(38-3)26(16-22)39-4/h6-16,24H,5,17-18H2,1-4H3,(H,31,35)/t24-/m0/s1. The summed E-state index contributed by atoms with van der Waals surface area (Å²) in [5.74, 6) is -1.18. The van der Waals surface area contributed by atoms with Crippen LogP contribution in [0.1, 0.15) is 18.9 Å². The summed E-state index contributed by atoms with van der Waals surface area (Å²) in [7, 11) is -0.154. The van der Waals surface area contributed by atoms with Gasteiger partial charge in [-0.25, -0.2) is 12.8 Å². The number of carbonyl (C=O) groups is 2. The monoisotopic (exact) mass is 591 g/mol. The number of nitrogens with one attached hydrogen (secondary N) is 1. The van der Waals surface area contributed by atoms with Crippen molar-refractivity contribution in [3.05, 3.63) is 83.1 Å². The topological polar surface area (TPSA) is 105 Å². The van der Waals surface area contributed by atoms with E-state index in [1.165, 1.54) is 56.5 Å². The van der Waals surface area contributed by atoms with E-state index in [9.17, 15) is 22.4 Å². The van der Waals surface area contributed by atoms with Crippen LogP contribution in [0.4, 0.5) is 10.1 Å². The average Bonchev–Trinajstić information content (AvgIpc) is 2.96. The summed E-state index contributed by atoms with van der Waals surface area (Å²) < 4.78 is 53.0. The molecule has 0 aliphatic carbocycles. The fraction of sp³-hybridized carbons (Fsp3) is 0.286. The van der Waals surface area contributed by atoms with Crippen LogP contribution in [0.3, 0.4) is 0 Å². The zero-order chi connectivity index (χ0) is 29.4. The lowest BCUT2D eigenvalue weighted by Crippen LogP contribution is -2.51. The third-order valence-corrected chi connectivity index (χ3v) is 8.41. The molecule has 0 aliphatic rings. The molecular weight excluding hydrogens is 561 g/mol. The molecule has 0 saturated heterocycles. The molecule has 12 heteroatoms. The second kappa shape index (κ2) is 13.5. The molecule has 3 aromatic rings. The van der Waals surface area contributed by atoms with Gasteiger partial charge in [0, 0.05) is 24.7 Å². The summed E-state index contributed by atoms with van der Waals surface area (Å²) in [6, 6.07) is 14.7. The van der Waals surface area contributed by atoms with Crippen molar-refractivity contribution in [2.45, 2.75) is 30.8 Å². The highest BCUT2D eigenvalue weighted by Gasteiger charge is 2.34. The van der Waals surface area contributed by atoms with Crippen LogP contribution in [0, 0.1) is 5.82 Å². The molecule has 0 unspecified atom stereocenters. The number of rotatable bonds is 12. The highest BCUT2D eigenvalue weighted by Crippen LogP contribution is 2.32. The highest BCUT2D eigenvalue weighted by atomic mass is 35.5. The number of halogens is 2. The molecule has 0 radical (unpaired) electrons. The lowest BCUT2D eigenvalue weighted by Gasteiger charge is -2.33. The zero-order valence-corrected chi connectivity index (χ0v) is 24.1.